The molecular formula is C55H92O23. The Balaban J connectivity index is 1.60. The molecule has 5 rings (SSSR count). The highest BCUT2D eigenvalue weighted by atomic mass is 16.8. The van der Waals surface area contributed by atoms with Crippen LogP contribution < -0.4 is 0 Å². The van der Waals surface area contributed by atoms with Gasteiger partial charge in [0.05, 0.1) is 42.4 Å². The van der Waals surface area contributed by atoms with Gasteiger partial charge in [-0.3, -0.25) is 14.4 Å². The van der Waals surface area contributed by atoms with Gasteiger partial charge in [0, 0.05) is 12.0 Å². The monoisotopic (exact) mass is 1120 g/mol. The molecule has 0 aliphatic carbocycles. The summed E-state index contributed by atoms with van der Waals surface area (Å²) >= 11 is 0. The zero-order valence-electron chi connectivity index (χ0n) is 47.2. The molecule has 5 saturated heterocycles. The minimum absolute atomic E-state index is 0.0970. The van der Waals surface area contributed by atoms with Crippen LogP contribution in [-0.2, 0) is 76.0 Å². The highest BCUT2D eigenvalue weighted by Gasteiger charge is 2.58. The minimum atomic E-state index is -2.01. The van der Waals surface area contributed by atoms with Crippen molar-refractivity contribution in [3.8, 4) is 0 Å². The van der Waals surface area contributed by atoms with Crippen LogP contribution in [0.2, 0.25) is 0 Å². The molecule has 78 heavy (non-hydrogen) atoms. The molecule has 23 nitrogen and oxygen atoms in total. The van der Waals surface area contributed by atoms with E-state index in [2.05, 4.69) is 6.92 Å². The second-order valence-electron chi connectivity index (χ2n) is 21.9. The predicted octanol–water partition coefficient (Wildman–Crippen LogP) is 3.06. The number of fused-ring (bicyclic) bond motifs is 4. The third-order valence-electron chi connectivity index (χ3n) is 15.7. The lowest BCUT2D eigenvalue weighted by atomic mass is 9.95. The molecule has 0 spiro atoms. The molecule has 0 aromatic rings. The Morgan fingerprint density at radius 3 is 1.88 bits per heavy atom. The van der Waals surface area contributed by atoms with Gasteiger partial charge in [-0.2, -0.15) is 0 Å². The second kappa shape index (κ2) is 31.5. The van der Waals surface area contributed by atoms with E-state index in [0.29, 0.717) is 32.1 Å². The maximum atomic E-state index is 14.1. The zero-order valence-corrected chi connectivity index (χ0v) is 47.2. The van der Waals surface area contributed by atoms with Crippen molar-refractivity contribution < 1.29 is 112 Å². The first kappa shape index (κ1) is 65.8. The molecule has 5 aliphatic rings. The molecule has 0 aromatic carbocycles. The molecule has 5 heterocycles. The van der Waals surface area contributed by atoms with Crippen LogP contribution in [0.1, 0.15) is 159 Å². The zero-order chi connectivity index (χ0) is 57.5. The normalized spacial score (nSPS) is 40.2. The molecular weight excluding hydrogens is 1030 g/mol. The number of aliphatic hydroxyl groups is 7. The van der Waals surface area contributed by atoms with Gasteiger partial charge in [0.25, 0.3) is 0 Å². The van der Waals surface area contributed by atoms with Crippen LogP contribution in [0.5, 0.6) is 0 Å². The van der Waals surface area contributed by atoms with Crippen molar-refractivity contribution in [2.75, 3.05) is 6.61 Å². The molecule has 24 atom stereocenters. The number of unbranched alkanes of at least 4 members (excludes halogenated alkanes) is 2. The van der Waals surface area contributed by atoms with Gasteiger partial charge in [-0.15, -0.1) is 0 Å². The largest absolute Gasteiger partial charge is 0.463 e. The quantitative estimate of drug-likeness (QED) is 0.0536. The lowest BCUT2D eigenvalue weighted by Crippen LogP contribution is -2.68. The van der Waals surface area contributed by atoms with Crippen molar-refractivity contribution in [2.24, 2.45) is 11.8 Å². The number of ether oxygens (including phenoxy) is 12. The fourth-order valence-corrected chi connectivity index (χ4v) is 9.90. The first-order valence-corrected chi connectivity index (χ1v) is 28.4. The Bertz CT molecular complexity index is 1890. The molecule has 0 saturated carbocycles. The van der Waals surface area contributed by atoms with E-state index in [-0.39, 0.29) is 18.1 Å². The third kappa shape index (κ3) is 17.5. The van der Waals surface area contributed by atoms with E-state index >= 15 is 0 Å². The van der Waals surface area contributed by atoms with Gasteiger partial charge in [0.15, 0.2) is 43.5 Å². The summed E-state index contributed by atoms with van der Waals surface area (Å²) in [5, 5.41) is 80.5. The van der Waals surface area contributed by atoms with Gasteiger partial charge in [0.2, 0.25) is 0 Å². The topological polar surface area (TPSA) is 321 Å². The smallest absolute Gasteiger partial charge is 0.333 e. The maximum absolute atomic E-state index is 14.1. The van der Waals surface area contributed by atoms with E-state index in [4.69, 9.17) is 56.8 Å². The number of hydrogen-bond donors (Lipinski definition) is 7. The molecule has 0 unspecified atom stereocenters. The summed E-state index contributed by atoms with van der Waals surface area (Å²) in [6, 6.07) is 0. The summed E-state index contributed by atoms with van der Waals surface area (Å²) in [6.07, 6.45) is -22.6. The Morgan fingerprint density at radius 1 is 0.641 bits per heavy atom. The average molecular weight is 1120 g/mol. The number of carbonyl (C=O) groups is 4. The number of aliphatic hydroxyl groups excluding tert-OH is 7. The first-order chi connectivity index (χ1) is 37.0. The summed E-state index contributed by atoms with van der Waals surface area (Å²) in [7, 11) is 0. The summed E-state index contributed by atoms with van der Waals surface area (Å²) < 4.78 is 74.5. The van der Waals surface area contributed by atoms with Crippen molar-refractivity contribution in [3.05, 3.63) is 11.6 Å². The maximum Gasteiger partial charge on any atom is 0.333 e. The highest BCUT2D eigenvalue weighted by Crippen LogP contribution is 2.38. The SMILES string of the molecule is C/C=C(\C)C(=O)O[C@H]1[C@H](O)[C@@H](O)[C@H](O[C@@H]2[C@H]3OC(=O)CCCCCCCCC[C@H](CCCCC)O[C@@H]4O[C@H](C)[C@@H](O)[C@H](O)[C@H]4O[C@@H]4O[C@H](COC(=O)[C@H](C)CC)[C@@H](O)[C@H](O)[C@H]4O[C@H](O[C@H]2C)[C@@H]3OC(=O)[C@@H](C)[C@H](C)O)O[C@@H]1C. The van der Waals surface area contributed by atoms with Crippen LogP contribution in [0, 0.1) is 11.8 Å². The van der Waals surface area contributed by atoms with E-state index in [0.717, 1.165) is 51.4 Å². The summed E-state index contributed by atoms with van der Waals surface area (Å²) in [5.74, 6) is -4.90. The molecule has 5 fully saturated rings. The lowest BCUT2D eigenvalue weighted by molar-refractivity contribution is -0.399. The van der Waals surface area contributed by atoms with E-state index in [1.54, 1.807) is 27.7 Å². The van der Waals surface area contributed by atoms with Crippen LogP contribution in [0.25, 0.3) is 0 Å². The van der Waals surface area contributed by atoms with Crippen molar-refractivity contribution in [2.45, 2.75) is 294 Å². The van der Waals surface area contributed by atoms with Gasteiger partial charge in [-0.1, -0.05) is 84.6 Å². The van der Waals surface area contributed by atoms with Crippen LogP contribution in [0.15, 0.2) is 11.6 Å². The van der Waals surface area contributed by atoms with Gasteiger partial charge in [-0.25, -0.2) is 4.79 Å². The molecule has 0 aromatic heterocycles. The minimum Gasteiger partial charge on any atom is -0.463 e. The number of carbonyl (C=O) groups excluding carboxylic acids is 4. The Hall–Kier alpha value is -2.98. The fraction of sp³-hybridized carbons (Fsp3) is 0.891. The number of rotatable bonds is 15. The van der Waals surface area contributed by atoms with Crippen LogP contribution in [0.4, 0.5) is 0 Å². The van der Waals surface area contributed by atoms with Crippen LogP contribution >= 0.6 is 0 Å². The fourth-order valence-electron chi connectivity index (χ4n) is 9.90. The molecule has 450 valence electrons. The molecule has 2 bridgehead atoms. The van der Waals surface area contributed by atoms with E-state index < -0.39 is 171 Å². The number of hydrogen-bond acceptors (Lipinski definition) is 23. The molecule has 0 radical (unpaired) electrons. The van der Waals surface area contributed by atoms with Gasteiger partial charge in [0.1, 0.15) is 67.6 Å². The van der Waals surface area contributed by atoms with Gasteiger partial charge < -0.3 is 92.6 Å². The van der Waals surface area contributed by atoms with Crippen molar-refractivity contribution in [3.63, 3.8) is 0 Å². The summed E-state index contributed by atoms with van der Waals surface area (Å²) in [4.78, 5) is 53.8. The highest BCUT2D eigenvalue weighted by molar-refractivity contribution is 5.87. The second-order valence-corrected chi connectivity index (χ2v) is 21.9. The first-order valence-electron chi connectivity index (χ1n) is 28.4. The molecule has 23 heteroatoms. The standard InChI is InChI=1S/C55H92O23/c1-11-14-20-23-34-24-21-18-16-15-17-19-22-25-36(57)73-47-44(76-52-42(63)41(62)43(32(9)69-52)74-50(65)28(5)13-3)33(10)70-55(48(47)75-51(66)29(6)30(7)56)78-46-40(61)38(59)35(26-67-49(64)27(4)12-2)72-54(46)77-45-39(60)37(58)31(8)68-53(45)71-34/h13,27,29-35,37-48,52-56,58-63H,11-12,14-26H2,1-10H3/b28-13+/t27-,29+,30+,31-,32-,33+,34+,35-,37-,38-,39+,40+,41-,42-,43-,44+,45-,46-,47-,48-,52+,53+,54+,55+/m1/s1. The third-order valence-corrected chi connectivity index (χ3v) is 15.7. The summed E-state index contributed by atoms with van der Waals surface area (Å²) in [5.41, 5.74) is 0.239. The van der Waals surface area contributed by atoms with Crippen LogP contribution in [-0.4, -0.2) is 201 Å². The number of esters is 4. The summed E-state index contributed by atoms with van der Waals surface area (Å²) in [6.45, 7) is 15.3. The lowest BCUT2D eigenvalue weighted by Gasteiger charge is -2.50. The van der Waals surface area contributed by atoms with Gasteiger partial charge >= 0.3 is 23.9 Å². The van der Waals surface area contributed by atoms with Crippen LogP contribution in [0.3, 0.4) is 0 Å². The molecule has 0 amide bonds. The van der Waals surface area contributed by atoms with E-state index in [1.165, 1.54) is 40.7 Å². The van der Waals surface area contributed by atoms with Crippen molar-refractivity contribution in [1.29, 1.82) is 0 Å². The Kier molecular flexibility index (Phi) is 26.5. The Morgan fingerprint density at radius 2 is 1.24 bits per heavy atom. The predicted molar refractivity (Wildman–Crippen MR) is 273 cm³/mol. The van der Waals surface area contributed by atoms with Crippen molar-refractivity contribution in [1.82, 2.24) is 0 Å². The van der Waals surface area contributed by atoms with Crippen molar-refractivity contribution >= 4 is 23.9 Å². The molecule has 7 N–H and O–H groups in total. The molecule has 5 aliphatic heterocycles. The average Bonchev–Trinajstić information content (AvgIpc) is 3.41. The van der Waals surface area contributed by atoms with E-state index in [9.17, 15) is 54.9 Å². The van der Waals surface area contributed by atoms with Gasteiger partial charge in [-0.05, 0) is 74.1 Å². The number of allylic oxidation sites excluding steroid dienone is 1. The van der Waals surface area contributed by atoms with E-state index in [1.807, 2.05) is 0 Å². The Labute approximate surface area is 458 Å².